The second-order valence-corrected chi connectivity index (χ2v) is 3.63. The number of nitrogens with two attached hydrogens (primary N) is 1. The predicted octanol–water partition coefficient (Wildman–Crippen LogP) is 2.12. The Hall–Kier alpha value is -1.13. The molecule has 0 saturated heterocycles. The Morgan fingerprint density at radius 1 is 1.50 bits per heavy atom. The number of carboxylic acids is 1. The average Bonchev–Trinajstić information content (AvgIpc) is 2.14. The zero-order chi connectivity index (χ0) is 10.6. The van der Waals surface area contributed by atoms with Crippen LogP contribution < -0.4 is 5.73 Å². The molecule has 0 heterocycles. The van der Waals surface area contributed by atoms with Gasteiger partial charge in [-0.1, -0.05) is 28.1 Å². The van der Waals surface area contributed by atoms with Gasteiger partial charge in [0.25, 0.3) is 0 Å². The molecule has 0 spiro atoms. The van der Waals surface area contributed by atoms with Gasteiger partial charge in [0.2, 0.25) is 0 Å². The van der Waals surface area contributed by atoms with Crippen molar-refractivity contribution < 1.29 is 9.90 Å². The van der Waals surface area contributed by atoms with E-state index in [2.05, 4.69) is 15.9 Å². The zero-order valence-corrected chi connectivity index (χ0v) is 8.99. The van der Waals surface area contributed by atoms with E-state index < -0.39 is 5.97 Å². The van der Waals surface area contributed by atoms with Crippen LogP contribution in [-0.2, 0) is 0 Å². The van der Waals surface area contributed by atoms with Crippen molar-refractivity contribution in [3.63, 3.8) is 0 Å². The summed E-state index contributed by atoms with van der Waals surface area (Å²) in [6.45, 7) is 0.439. The van der Waals surface area contributed by atoms with E-state index in [1.165, 1.54) is 0 Å². The molecule has 14 heavy (non-hydrogen) atoms. The van der Waals surface area contributed by atoms with Crippen LogP contribution >= 0.6 is 15.9 Å². The molecule has 0 unspecified atom stereocenters. The first-order valence-corrected chi connectivity index (χ1v) is 4.83. The first-order valence-electron chi connectivity index (χ1n) is 4.04. The van der Waals surface area contributed by atoms with Crippen molar-refractivity contribution >= 4 is 28.0 Å². The standard InChI is InChI=1S/C10H10BrNO2/c11-9-5-7(2-1-3-12)4-8(6-9)10(13)14/h1-2,4-6H,3,12H2,(H,13,14). The Balaban J connectivity index is 3.07. The quantitative estimate of drug-likeness (QED) is 0.870. The molecule has 1 aromatic carbocycles. The van der Waals surface area contributed by atoms with E-state index in [0.29, 0.717) is 6.54 Å². The summed E-state index contributed by atoms with van der Waals surface area (Å²) in [5.74, 6) is -0.936. The fourth-order valence-corrected chi connectivity index (χ4v) is 1.55. The van der Waals surface area contributed by atoms with Crippen LogP contribution in [0.4, 0.5) is 0 Å². The molecule has 0 bridgehead atoms. The van der Waals surface area contributed by atoms with Crippen LogP contribution in [0.2, 0.25) is 0 Å². The van der Waals surface area contributed by atoms with E-state index in [1.54, 1.807) is 24.3 Å². The van der Waals surface area contributed by atoms with E-state index in [4.69, 9.17) is 10.8 Å². The number of benzene rings is 1. The Bertz CT molecular complexity index is 374. The predicted molar refractivity (Wildman–Crippen MR) is 59.2 cm³/mol. The molecule has 0 fully saturated rings. The maximum Gasteiger partial charge on any atom is 0.335 e. The Morgan fingerprint density at radius 2 is 2.21 bits per heavy atom. The SMILES string of the molecule is NCC=Cc1cc(Br)cc(C(=O)O)c1. The number of rotatable bonds is 3. The topological polar surface area (TPSA) is 63.3 Å². The van der Waals surface area contributed by atoms with Gasteiger partial charge in [-0.25, -0.2) is 4.79 Å². The highest BCUT2D eigenvalue weighted by atomic mass is 79.9. The van der Waals surface area contributed by atoms with Crippen molar-refractivity contribution in [1.29, 1.82) is 0 Å². The summed E-state index contributed by atoms with van der Waals surface area (Å²) in [5, 5.41) is 8.79. The van der Waals surface area contributed by atoms with E-state index in [0.717, 1.165) is 10.0 Å². The van der Waals surface area contributed by atoms with Crippen LogP contribution in [0, 0.1) is 0 Å². The van der Waals surface area contributed by atoms with Crippen molar-refractivity contribution in [2.24, 2.45) is 5.73 Å². The lowest BCUT2D eigenvalue weighted by atomic mass is 10.1. The fourth-order valence-electron chi connectivity index (χ4n) is 1.04. The molecule has 0 aliphatic rings. The third-order valence-electron chi connectivity index (χ3n) is 1.61. The fraction of sp³-hybridized carbons (Fsp3) is 0.100. The summed E-state index contributed by atoms with van der Waals surface area (Å²) in [4.78, 5) is 10.7. The molecule has 0 radical (unpaired) electrons. The number of hydrogen-bond donors (Lipinski definition) is 2. The lowest BCUT2D eigenvalue weighted by Crippen LogP contribution is -1.96. The number of aromatic carboxylic acids is 1. The largest absolute Gasteiger partial charge is 0.478 e. The Labute approximate surface area is 90.4 Å². The molecule has 4 heteroatoms. The molecular weight excluding hydrogens is 246 g/mol. The summed E-state index contributed by atoms with van der Waals surface area (Å²) in [7, 11) is 0. The minimum Gasteiger partial charge on any atom is -0.478 e. The third-order valence-corrected chi connectivity index (χ3v) is 2.07. The molecular formula is C10H10BrNO2. The minimum atomic E-state index is -0.936. The summed E-state index contributed by atoms with van der Waals surface area (Å²) >= 11 is 3.24. The lowest BCUT2D eigenvalue weighted by molar-refractivity contribution is 0.0697. The second-order valence-electron chi connectivity index (χ2n) is 2.72. The normalized spacial score (nSPS) is 10.7. The van der Waals surface area contributed by atoms with E-state index in [-0.39, 0.29) is 5.56 Å². The van der Waals surface area contributed by atoms with Gasteiger partial charge in [0.15, 0.2) is 0 Å². The van der Waals surface area contributed by atoms with Crippen LogP contribution in [0.3, 0.4) is 0 Å². The van der Waals surface area contributed by atoms with Gasteiger partial charge in [-0.05, 0) is 23.8 Å². The van der Waals surface area contributed by atoms with Gasteiger partial charge in [-0.3, -0.25) is 0 Å². The number of halogens is 1. The molecule has 74 valence electrons. The lowest BCUT2D eigenvalue weighted by Gasteiger charge is -1.99. The maximum absolute atomic E-state index is 10.7. The van der Waals surface area contributed by atoms with Crippen molar-refractivity contribution in [2.75, 3.05) is 6.54 Å². The molecule has 0 aromatic heterocycles. The first kappa shape index (κ1) is 10.9. The molecule has 1 aromatic rings. The highest BCUT2D eigenvalue weighted by molar-refractivity contribution is 9.10. The number of carbonyl (C=O) groups is 1. The van der Waals surface area contributed by atoms with Crippen LogP contribution in [0.1, 0.15) is 15.9 Å². The van der Waals surface area contributed by atoms with E-state index >= 15 is 0 Å². The summed E-state index contributed by atoms with van der Waals surface area (Å²) in [5.41, 5.74) is 6.38. The average molecular weight is 256 g/mol. The smallest absolute Gasteiger partial charge is 0.335 e. The Morgan fingerprint density at radius 3 is 2.79 bits per heavy atom. The van der Waals surface area contributed by atoms with Gasteiger partial charge in [0, 0.05) is 11.0 Å². The minimum absolute atomic E-state index is 0.260. The molecule has 0 saturated carbocycles. The van der Waals surface area contributed by atoms with Crippen LogP contribution in [0.5, 0.6) is 0 Å². The maximum atomic E-state index is 10.7. The molecule has 0 aliphatic carbocycles. The van der Waals surface area contributed by atoms with Gasteiger partial charge in [0.1, 0.15) is 0 Å². The first-order chi connectivity index (χ1) is 6.63. The second kappa shape index (κ2) is 4.93. The van der Waals surface area contributed by atoms with Gasteiger partial charge < -0.3 is 10.8 Å². The molecule has 1 rings (SSSR count). The van der Waals surface area contributed by atoms with Crippen molar-refractivity contribution in [3.8, 4) is 0 Å². The van der Waals surface area contributed by atoms with Gasteiger partial charge >= 0.3 is 5.97 Å². The summed E-state index contributed by atoms with van der Waals surface area (Å²) in [6, 6.07) is 4.99. The van der Waals surface area contributed by atoms with Gasteiger partial charge in [-0.2, -0.15) is 0 Å². The van der Waals surface area contributed by atoms with Gasteiger partial charge in [-0.15, -0.1) is 0 Å². The number of hydrogen-bond acceptors (Lipinski definition) is 2. The third kappa shape index (κ3) is 2.97. The van der Waals surface area contributed by atoms with Crippen LogP contribution in [0.15, 0.2) is 28.7 Å². The highest BCUT2D eigenvalue weighted by Gasteiger charge is 2.03. The molecule has 3 N–H and O–H groups in total. The van der Waals surface area contributed by atoms with E-state index in [9.17, 15) is 4.79 Å². The monoisotopic (exact) mass is 255 g/mol. The summed E-state index contributed by atoms with van der Waals surface area (Å²) in [6.07, 6.45) is 3.56. The van der Waals surface area contributed by atoms with Crippen molar-refractivity contribution in [2.45, 2.75) is 0 Å². The van der Waals surface area contributed by atoms with Crippen LogP contribution in [0.25, 0.3) is 6.08 Å². The van der Waals surface area contributed by atoms with Crippen LogP contribution in [-0.4, -0.2) is 17.6 Å². The van der Waals surface area contributed by atoms with E-state index in [1.807, 2.05) is 6.07 Å². The zero-order valence-electron chi connectivity index (χ0n) is 7.40. The molecule has 0 atom stereocenters. The van der Waals surface area contributed by atoms with Crippen molar-refractivity contribution in [3.05, 3.63) is 39.9 Å². The molecule has 0 aliphatic heterocycles. The van der Waals surface area contributed by atoms with Crippen molar-refractivity contribution in [1.82, 2.24) is 0 Å². The summed E-state index contributed by atoms with van der Waals surface area (Å²) < 4.78 is 0.745. The Kier molecular flexibility index (Phi) is 3.85. The molecule has 0 amide bonds. The highest BCUT2D eigenvalue weighted by Crippen LogP contribution is 2.16. The number of carboxylic acid groups (broad SMARTS) is 1. The molecule has 3 nitrogen and oxygen atoms in total. The van der Waals surface area contributed by atoms with Gasteiger partial charge in [0.05, 0.1) is 5.56 Å².